The largest absolute Gasteiger partial charge is 0.382 e. The van der Waals surface area contributed by atoms with Gasteiger partial charge in [0.2, 0.25) is 0 Å². The van der Waals surface area contributed by atoms with E-state index in [0.717, 1.165) is 6.42 Å². The van der Waals surface area contributed by atoms with Crippen molar-refractivity contribution in [2.75, 3.05) is 5.32 Å². The van der Waals surface area contributed by atoms with Gasteiger partial charge < -0.3 is 5.32 Å². The summed E-state index contributed by atoms with van der Waals surface area (Å²) in [6, 6.07) is 9.02. The van der Waals surface area contributed by atoms with Crippen molar-refractivity contribution in [1.82, 2.24) is 4.98 Å². The normalized spacial score (nSPS) is 12.6. The van der Waals surface area contributed by atoms with Crippen LogP contribution in [0.1, 0.15) is 39.5 Å². The highest BCUT2D eigenvalue weighted by Crippen LogP contribution is 2.24. The molecule has 0 fully saturated rings. The average molecular weight is 242 g/mol. The second-order valence-electron chi connectivity index (χ2n) is 4.79. The molecular formula is C16H22N2. The summed E-state index contributed by atoms with van der Waals surface area (Å²) < 4.78 is 0. The number of pyridine rings is 1. The summed E-state index contributed by atoms with van der Waals surface area (Å²) in [5.41, 5.74) is 1.21. The number of benzene rings is 1. The van der Waals surface area contributed by atoms with Crippen LogP contribution in [0.3, 0.4) is 0 Å². The molecule has 0 aliphatic rings. The van der Waals surface area contributed by atoms with Crippen molar-refractivity contribution >= 4 is 16.5 Å². The number of aromatic nitrogens is 1. The third-order valence-electron chi connectivity index (χ3n) is 3.44. The van der Waals surface area contributed by atoms with Gasteiger partial charge in [0.1, 0.15) is 0 Å². The highest BCUT2D eigenvalue weighted by atomic mass is 14.9. The molecular weight excluding hydrogens is 220 g/mol. The molecule has 1 atom stereocenters. The van der Waals surface area contributed by atoms with Crippen LogP contribution in [0.5, 0.6) is 0 Å². The van der Waals surface area contributed by atoms with Crippen molar-refractivity contribution in [2.45, 2.75) is 45.6 Å². The third-order valence-corrected chi connectivity index (χ3v) is 3.44. The van der Waals surface area contributed by atoms with Crippen molar-refractivity contribution < 1.29 is 0 Å². The molecule has 0 spiro atoms. The Kier molecular flexibility index (Phi) is 4.57. The molecule has 2 heteroatoms. The monoisotopic (exact) mass is 242 g/mol. The number of hydrogen-bond donors (Lipinski definition) is 1. The fraction of sp³-hybridized carbons (Fsp3) is 0.438. The van der Waals surface area contributed by atoms with Gasteiger partial charge in [-0.25, -0.2) is 0 Å². The summed E-state index contributed by atoms with van der Waals surface area (Å²) in [5, 5.41) is 6.13. The van der Waals surface area contributed by atoms with Crippen LogP contribution in [0.25, 0.3) is 10.8 Å². The molecule has 96 valence electrons. The van der Waals surface area contributed by atoms with Crippen LogP contribution in [0, 0.1) is 0 Å². The molecule has 1 heterocycles. The molecule has 0 saturated carbocycles. The number of hydrogen-bond acceptors (Lipinski definition) is 2. The van der Waals surface area contributed by atoms with E-state index in [9.17, 15) is 0 Å². The molecule has 0 aliphatic heterocycles. The Morgan fingerprint density at radius 1 is 1.22 bits per heavy atom. The van der Waals surface area contributed by atoms with E-state index in [2.05, 4.69) is 48.4 Å². The molecule has 1 unspecified atom stereocenters. The Hall–Kier alpha value is -1.57. The topological polar surface area (TPSA) is 24.9 Å². The maximum Gasteiger partial charge on any atom is 0.0437 e. The lowest BCUT2D eigenvalue weighted by Crippen LogP contribution is -2.18. The second kappa shape index (κ2) is 6.39. The molecule has 1 N–H and O–H groups in total. The number of anilines is 1. The first-order chi connectivity index (χ1) is 8.85. The van der Waals surface area contributed by atoms with Crippen LogP contribution in [0.15, 0.2) is 36.7 Å². The second-order valence-corrected chi connectivity index (χ2v) is 4.79. The van der Waals surface area contributed by atoms with Gasteiger partial charge in [-0.05, 0) is 30.4 Å². The van der Waals surface area contributed by atoms with Crippen molar-refractivity contribution in [1.29, 1.82) is 0 Å². The molecule has 2 rings (SSSR count). The number of unbranched alkanes of at least 4 members (excludes halogenated alkanes) is 1. The van der Waals surface area contributed by atoms with Crippen LogP contribution >= 0.6 is 0 Å². The van der Waals surface area contributed by atoms with Gasteiger partial charge in [-0.15, -0.1) is 0 Å². The van der Waals surface area contributed by atoms with Gasteiger partial charge in [0.25, 0.3) is 0 Å². The number of fused-ring (bicyclic) bond motifs is 1. The van der Waals surface area contributed by atoms with Gasteiger partial charge >= 0.3 is 0 Å². The molecule has 0 saturated heterocycles. The van der Waals surface area contributed by atoms with Crippen LogP contribution < -0.4 is 5.32 Å². The minimum atomic E-state index is 0.566. The quantitative estimate of drug-likeness (QED) is 0.799. The van der Waals surface area contributed by atoms with Crippen molar-refractivity contribution in [3.8, 4) is 0 Å². The Labute approximate surface area is 109 Å². The van der Waals surface area contributed by atoms with Crippen molar-refractivity contribution in [3.05, 3.63) is 36.7 Å². The van der Waals surface area contributed by atoms with Gasteiger partial charge in [0.15, 0.2) is 0 Å². The fourth-order valence-corrected chi connectivity index (χ4v) is 2.29. The standard InChI is InChI=1S/C16H22N2/c1-3-5-8-14(4-2)18-16-9-6-7-13-10-11-17-12-15(13)16/h6-7,9-12,14,18H,3-5,8H2,1-2H3. The predicted molar refractivity (Wildman–Crippen MR) is 79.0 cm³/mol. The van der Waals surface area contributed by atoms with Crippen molar-refractivity contribution in [2.24, 2.45) is 0 Å². The average Bonchev–Trinajstić information content (AvgIpc) is 2.43. The molecule has 2 nitrogen and oxygen atoms in total. The lowest BCUT2D eigenvalue weighted by Gasteiger charge is -2.19. The number of nitrogens with zero attached hydrogens (tertiary/aromatic N) is 1. The van der Waals surface area contributed by atoms with Crippen LogP contribution in [0.4, 0.5) is 5.69 Å². The SMILES string of the molecule is CCCCC(CC)Nc1cccc2ccncc12. The zero-order valence-corrected chi connectivity index (χ0v) is 11.3. The van der Waals surface area contributed by atoms with Gasteiger partial charge in [0.05, 0.1) is 0 Å². The van der Waals surface area contributed by atoms with Gasteiger partial charge in [-0.3, -0.25) is 4.98 Å². The number of rotatable bonds is 6. The highest BCUT2D eigenvalue weighted by molar-refractivity contribution is 5.93. The molecule has 1 aromatic carbocycles. The third kappa shape index (κ3) is 3.00. The first kappa shape index (κ1) is 12.9. The molecule has 0 amide bonds. The fourth-order valence-electron chi connectivity index (χ4n) is 2.29. The van der Waals surface area contributed by atoms with E-state index in [1.54, 1.807) is 0 Å². The van der Waals surface area contributed by atoms with Crippen LogP contribution in [-0.4, -0.2) is 11.0 Å². The molecule has 2 aromatic rings. The summed E-state index contributed by atoms with van der Waals surface area (Å²) in [7, 11) is 0. The molecule has 1 aromatic heterocycles. The predicted octanol–water partition coefficient (Wildman–Crippen LogP) is 4.62. The van der Waals surface area contributed by atoms with Crippen LogP contribution in [0.2, 0.25) is 0 Å². The van der Waals surface area contributed by atoms with E-state index in [1.807, 2.05) is 12.4 Å². The van der Waals surface area contributed by atoms with E-state index < -0.39 is 0 Å². The van der Waals surface area contributed by atoms with Crippen LogP contribution in [-0.2, 0) is 0 Å². The summed E-state index contributed by atoms with van der Waals surface area (Å²) in [6.07, 6.45) is 8.74. The Bertz CT molecular complexity index is 488. The van der Waals surface area contributed by atoms with E-state index in [-0.39, 0.29) is 0 Å². The zero-order chi connectivity index (χ0) is 12.8. The van der Waals surface area contributed by atoms with E-state index >= 15 is 0 Å². The summed E-state index contributed by atoms with van der Waals surface area (Å²) in [4.78, 5) is 4.23. The lowest BCUT2D eigenvalue weighted by atomic mass is 10.1. The first-order valence-corrected chi connectivity index (χ1v) is 6.94. The van der Waals surface area contributed by atoms with Crippen molar-refractivity contribution in [3.63, 3.8) is 0 Å². The van der Waals surface area contributed by atoms with E-state index in [4.69, 9.17) is 0 Å². The molecule has 0 aliphatic carbocycles. The maximum atomic E-state index is 4.23. The summed E-state index contributed by atoms with van der Waals surface area (Å²) >= 11 is 0. The maximum absolute atomic E-state index is 4.23. The molecule has 18 heavy (non-hydrogen) atoms. The molecule has 0 bridgehead atoms. The highest BCUT2D eigenvalue weighted by Gasteiger charge is 2.07. The minimum Gasteiger partial charge on any atom is -0.382 e. The minimum absolute atomic E-state index is 0.566. The van der Waals surface area contributed by atoms with Gasteiger partial charge in [-0.1, -0.05) is 38.8 Å². The summed E-state index contributed by atoms with van der Waals surface area (Å²) in [5.74, 6) is 0. The zero-order valence-electron chi connectivity index (χ0n) is 11.3. The van der Waals surface area contributed by atoms with Gasteiger partial charge in [-0.2, -0.15) is 0 Å². The Morgan fingerprint density at radius 3 is 2.89 bits per heavy atom. The van der Waals surface area contributed by atoms with E-state index in [0.29, 0.717) is 6.04 Å². The number of nitrogens with one attached hydrogen (secondary N) is 1. The Morgan fingerprint density at radius 2 is 2.11 bits per heavy atom. The first-order valence-electron chi connectivity index (χ1n) is 6.94. The van der Waals surface area contributed by atoms with E-state index in [1.165, 1.54) is 35.7 Å². The van der Waals surface area contributed by atoms with Gasteiger partial charge in [0, 0.05) is 29.5 Å². The summed E-state index contributed by atoms with van der Waals surface area (Å²) in [6.45, 7) is 4.49. The Balaban J connectivity index is 2.19. The lowest BCUT2D eigenvalue weighted by molar-refractivity contribution is 0.594. The molecule has 0 radical (unpaired) electrons. The smallest absolute Gasteiger partial charge is 0.0437 e.